The summed E-state index contributed by atoms with van der Waals surface area (Å²) >= 11 is 0. The van der Waals surface area contributed by atoms with Crippen LogP contribution in [0.2, 0.25) is 0 Å². The van der Waals surface area contributed by atoms with Crippen molar-refractivity contribution in [3.05, 3.63) is 30.5 Å². The molecule has 118 valence electrons. The number of para-hydroxylation sites is 2. The maximum atomic E-state index is 11.8. The summed E-state index contributed by atoms with van der Waals surface area (Å²) in [5, 5.41) is 3.37. The third-order valence-electron chi connectivity index (χ3n) is 4.01. The largest absolute Gasteiger partial charge is 0.366 e. The quantitative estimate of drug-likeness (QED) is 0.930. The molecular formula is C15H20N4O2S. The van der Waals surface area contributed by atoms with Crippen LogP contribution >= 0.6 is 0 Å². The summed E-state index contributed by atoms with van der Waals surface area (Å²) in [5.41, 5.74) is 1.73. The van der Waals surface area contributed by atoms with Gasteiger partial charge in [0.2, 0.25) is 10.0 Å². The van der Waals surface area contributed by atoms with Gasteiger partial charge in [0, 0.05) is 19.1 Å². The molecule has 3 rings (SSSR count). The number of rotatable bonds is 4. The minimum atomic E-state index is -3.07. The average Bonchev–Trinajstić information content (AvgIpc) is 2.55. The monoisotopic (exact) mass is 320 g/mol. The number of nitrogens with one attached hydrogen (secondary N) is 1. The Morgan fingerprint density at radius 3 is 2.59 bits per heavy atom. The van der Waals surface area contributed by atoms with Crippen molar-refractivity contribution < 1.29 is 8.42 Å². The molecule has 0 atom stereocenters. The van der Waals surface area contributed by atoms with E-state index in [2.05, 4.69) is 15.3 Å². The fraction of sp³-hybridized carbons (Fsp3) is 0.467. The Morgan fingerprint density at radius 1 is 1.23 bits per heavy atom. The standard InChI is InChI=1S/C15H20N4O2S/c1-2-22(20,21)19-9-7-12(8-10-19)17-15-11-16-13-5-3-4-6-14(13)18-15/h3-6,11-12H,2,7-10H2,1H3,(H,17,18). The Balaban J connectivity index is 1.64. The van der Waals surface area contributed by atoms with Gasteiger partial charge in [-0.1, -0.05) is 12.1 Å². The molecule has 1 N–H and O–H groups in total. The van der Waals surface area contributed by atoms with Crippen molar-refractivity contribution in [1.29, 1.82) is 0 Å². The maximum absolute atomic E-state index is 11.8. The van der Waals surface area contributed by atoms with Crippen LogP contribution in [-0.2, 0) is 10.0 Å². The number of fused-ring (bicyclic) bond motifs is 1. The molecule has 6 nitrogen and oxygen atoms in total. The van der Waals surface area contributed by atoms with Gasteiger partial charge in [-0.2, -0.15) is 0 Å². The molecule has 1 aliphatic heterocycles. The van der Waals surface area contributed by atoms with Gasteiger partial charge >= 0.3 is 0 Å². The fourth-order valence-electron chi connectivity index (χ4n) is 2.70. The van der Waals surface area contributed by atoms with E-state index in [0.29, 0.717) is 13.1 Å². The summed E-state index contributed by atoms with van der Waals surface area (Å²) in [6.45, 7) is 2.81. The van der Waals surface area contributed by atoms with Gasteiger partial charge in [-0.05, 0) is 31.9 Å². The van der Waals surface area contributed by atoms with Crippen molar-refractivity contribution in [3.8, 4) is 0 Å². The van der Waals surface area contributed by atoms with Gasteiger partial charge in [-0.25, -0.2) is 17.7 Å². The Kier molecular flexibility index (Phi) is 4.26. The van der Waals surface area contributed by atoms with E-state index in [1.807, 2.05) is 24.3 Å². The second-order valence-corrected chi connectivity index (χ2v) is 7.72. The minimum Gasteiger partial charge on any atom is -0.366 e. The lowest BCUT2D eigenvalue weighted by molar-refractivity contribution is 0.330. The van der Waals surface area contributed by atoms with Gasteiger partial charge in [0.25, 0.3) is 0 Å². The fourth-order valence-corrected chi connectivity index (χ4v) is 3.83. The average molecular weight is 320 g/mol. The van der Waals surface area contributed by atoms with Gasteiger partial charge in [-0.3, -0.25) is 4.98 Å². The van der Waals surface area contributed by atoms with Crippen LogP contribution in [0.1, 0.15) is 19.8 Å². The second-order valence-electron chi connectivity index (χ2n) is 5.46. The molecule has 0 aliphatic carbocycles. The minimum absolute atomic E-state index is 0.168. The summed E-state index contributed by atoms with van der Waals surface area (Å²) < 4.78 is 25.3. The van der Waals surface area contributed by atoms with Crippen LogP contribution < -0.4 is 5.32 Å². The molecule has 0 spiro atoms. The van der Waals surface area contributed by atoms with Crippen molar-refractivity contribution in [2.45, 2.75) is 25.8 Å². The molecular weight excluding hydrogens is 300 g/mol. The first-order valence-electron chi connectivity index (χ1n) is 7.54. The lowest BCUT2D eigenvalue weighted by atomic mass is 10.1. The summed E-state index contributed by atoms with van der Waals surface area (Å²) in [5.74, 6) is 0.914. The van der Waals surface area contributed by atoms with Crippen molar-refractivity contribution >= 4 is 26.9 Å². The number of hydrogen-bond acceptors (Lipinski definition) is 5. The molecule has 2 aromatic rings. The lowest BCUT2D eigenvalue weighted by Gasteiger charge is -2.31. The molecule has 2 heterocycles. The highest BCUT2D eigenvalue weighted by Gasteiger charge is 2.26. The highest BCUT2D eigenvalue weighted by molar-refractivity contribution is 7.89. The number of benzene rings is 1. The van der Waals surface area contributed by atoms with E-state index in [-0.39, 0.29) is 11.8 Å². The first-order chi connectivity index (χ1) is 10.6. The molecule has 0 radical (unpaired) electrons. The molecule has 0 bridgehead atoms. The van der Waals surface area contributed by atoms with E-state index in [0.717, 1.165) is 29.7 Å². The summed E-state index contributed by atoms with van der Waals surface area (Å²) in [6.07, 6.45) is 3.30. The number of hydrogen-bond donors (Lipinski definition) is 1. The van der Waals surface area contributed by atoms with Crippen LogP contribution in [0.4, 0.5) is 5.82 Å². The highest BCUT2D eigenvalue weighted by Crippen LogP contribution is 2.19. The molecule has 7 heteroatoms. The Labute approximate surface area is 130 Å². The van der Waals surface area contributed by atoms with Gasteiger partial charge < -0.3 is 5.32 Å². The topological polar surface area (TPSA) is 75.2 Å². The van der Waals surface area contributed by atoms with Crippen LogP contribution in [0.5, 0.6) is 0 Å². The first-order valence-corrected chi connectivity index (χ1v) is 9.15. The third-order valence-corrected chi connectivity index (χ3v) is 5.89. The Morgan fingerprint density at radius 2 is 1.91 bits per heavy atom. The number of aromatic nitrogens is 2. The van der Waals surface area contributed by atoms with Crippen molar-refractivity contribution in [2.75, 3.05) is 24.2 Å². The van der Waals surface area contributed by atoms with Crippen LogP contribution in [0.15, 0.2) is 30.5 Å². The number of piperidine rings is 1. The van der Waals surface area contributed by atoms with Crippen LogP contribution in [-0.4, -0.2) is 47.6 Å². The molecule has 1 fully saturated rings. The summed E-state index contributed by atoms with van der Waals surface area (Å²) in [4.78, 5) is 8.93. The molecule has 1 aromatic carbocycles. The maximum Gasteiger partial charge on any atom is 0.213 e. The van der Waals surface area contributed by atoms with Gasteiger partial charge in [-0.15, -0.1) is 0 Å². The van der Waals surface area contributed by atoms with E-state index < -0.39 is 10.0 Å². The third kappa shape index (κ3) is 3.20. The summed E-state index contributed by atoms with van der Waals surface area (Å²) in [7, 11) is -3.07. The predicted octanol–water partition coefficient (Wildman–Crippen LogP) is 1.86. The molecule has 1 aliphatic rings. The predicted molar refractivity (Wildman–Crippen MR) is 87.2 cm³/mol. The lowest BCUT2D eigenvalue weighted by Crippen LogP contribution is -2.43. The van der Waals surface area contributed by atoms with E-state index in [1.54, 1.807) is 17.4 Å². The smallest absolute Gasteiger partial charge is 0.213 e. The van der Waals surface area contributed by atoms with E-state index in [9.17, 15) is 8.42 Å². The molecule has 0 saturated carbocycles. The molecule has 0 amide bonds. The van der Waals surface area contributed by atoms with Crippen LogP contribution in [0.25, 0.3) is 11.0 Å². The Bertz CT molecular complexity index is 755. The van der Waals surface area contributed by atoms with Crippen molar-refractivity contribution in [3.63, 3.8) is 0 Å². The van der Waals surface area contributed by atoms with Crippen LogP contribution in [0.3, 0.4) is 0 Å². The van der Waals surface area contributed by atoms with E-state index >= 15 is 0 Å². The van der Waals surface area contributed by atoms with Gasteiger partial charge in [0.1, 0.15) is 5.82 Å². The number of nitrogens with zero attached hydrogens (tertiary/aromatic N) is 3. The molecule has 0 unspecified atom stereocenters. The normalized spacial score (nSPS) is 17.7. The van der Waals surface area contributed by atoms with E-state index in [4.69, 9.17) is 0 Å². The van der Waals surface area contributed by atoms with Crippen molar-refractivity contribution in [1.82, 2.24) is 14.3 Å². The molecule has 22 heavy (non-hydrogen) atoms. The zero-order chi connectivity index (χ0) is 15.6. The SMILES string of the molecule is CCS(=O)(=O)N1CCC(Nc2cnc3ccccc3n2)CC1. The first kappa shape index (κ1) is 15.2. The number of anilines is 1. The zero-order valence-electron chi connectivity index (χ0n) is 12.6. The van der Waals surface area contributed by atoms with E-state index in [1.165, 1.54) is 0 Å². The summed E-state index contributed by atoms with van der Waals surface area (Å²) in [6, 6.07) is 7.98. The Hall–Kier alpha value is -1.73. The van der Waals surface area contributed by atoms with Gasteiger partial charge in [0.05, 0.1) is 23.0 Å². The van der Waals surface area contributed by atoms with Crippen molar-refractivity contribution in [2.24, 2.45) is 0 Å². The second kappa shape index (κ2) is 6.18. The molecule has 1 saturated heterocycles. The van der Waals surface area contributed by atoms with Gasteiger partial charge in [0.15, 0.2) is 0 Å². The number of sulfonamides is 1. The highest BCUT2D eigenvalue weighted by atomic mass is 32.2. The molecule has 1 aromatic heterocycles. The zero-order valence-corrected chi connectivity index (χ0v) is 13.4. The van der Waals surface area contributed by atoms with Crippen LogP contribution in [0, 0.1) is 0 Å².